The van der Waals surface area contributed by atoms with Crippen molar-refractivity contribution in [1.82, 2.24) is 0 Å². The van der Waals surface area contributed by atoms with Crippen LogP contribution in [0.4, 0.5) is 0 Å². The normalized spacial score (nSPS) is 13.6. The van der Waals surface area contributed by atoms with E-state index in [9.17, 15) is 14.7 Å². The number of rotatable bonds is 17. The predicted octanol–water partition coefficient (Wildman–Crippen LogP) is 2.19. The van der Waals surface area contributed by atoms with Gasteiger partial charge in [0, 0.05) is 13.0 Å². The summed E-state index contributed by atoms with van der Waals surface area (Å²) in [6.45, 7) is -0.226. The molecule has 7 heteroatoms. The topological polar surface area (TPSA) is 124 Å². The second kappa shape index (κ2) is 15.4. The van der Waals surface area contributed by atoms with Crippen LogP contribution >= 0.6 is 0 Å². The van der Waals surface area contributed by atoms with Crippen molar-refractivity contribution in [2.45, 2.75) is 82.8 Å². The number of carboxylic acids is 2. The van der Waals surface area contributed by atoms with Gasteiger partial charge in [-0.15, -0.1) is 0 Å². The van der Waals surface area contributed by atoms with Crippen LogP contribution in [0.2, 0.25) is 0 Å². The Kier molecular flexibility index (Phi) is 14.6. The molecule has 142 valence electrons. The SMILES string of the molecule is O=C(O)CCCCCC(O)C(CCCCCCCO)OCC(=O)O. The summed E-state index contributed by atoms with van der Waals surface area (Å²) in [5.74, 6) is -1.88. The lowest BCUT2D eigenvalue weighted by molar-refractivity contribution is -0.147. The van der Waals surface area contributed by atoms with Crippen LogP contribution in [0, 0.1) is 0 Å². The Morgan fingerprint density at radius 3 is 2.00 bits per heavy atom. The molecule has 0 aliphatic rings. The van der Waals surface area contributed by atoms with Crippen LogP contribution in [0.5, 0.6) is 0 Å². The summed E-state index contributed by atoms with van der Waals surface area (Å²) in [4.78, 5) is 21.1. The van der Waals surface area contributed by atoms with E-state index in [2.05, 4.69) is 0 Å². The van der Waals surface area contributed by atoms with Gasteiger partial charge in [0.1, 0.15) is 6.61 Å². The molecular weight excluding hydrogens is 316 g/mol. The Hall–Kier alpha value is -1.18. The average Bonchev–Trinajstić information content (AvgIpc) is 2.52. The minimum Gasteiger partial charge on any atom is -0.481 e. The number of aliphatic hydroxyl groups is 2. The number of aliphatic carboxylic acids is 2. The fourth-order valence-corrected chi connectivity index (χ4v) is 2.55. The molecule has 24 heavy (non-hydrogen) atoms. The summed E-state index contributed by atoms with van der Waals surface area (Å²) < 4.78 is 5.30. The van der Waals surface area contributed by atoms with E-state index in [4.69, 9.17) is 20.1 Å². The molecule has 0 saturated heterocycles. The van der Waals surface area contributed by atoms with E-state index in [0.717, 1.165) is 38.5 Å². The summed E-state index contributed by atoms with van der Waals surface area (Å²) in [6.07, 6.45) is 6.51. The maximum atomic E-state index is 10.7. The molecule has 2 unspecified atom stereocenters. The van der Waals surface area contributed by atoms with Crippen LogP contribution in [0.3, 0.4) is 0 Å². The molecular formula is C17H32O7. The minimum atomic E-state index is -1.06. The number of carboxylic acid groups (broad SMARTS) is 2. The maximum Gasteiger partial charge on any atom is 0.329 e. The third-order valence-electron chi connectivity index (χ3n) is 3.89. The van der Waals surface area contributed by atoms with E-state index in [-0.39, 0.29) is 13.0 Å². The van der Waals surface area contributed by atoms with Gasteiger partial charge in [0.2, 0.25) is 0 Å². The molecule has 0 aliphatic heterocycles. The summed E-state index contributed by atoms with van der Waals surface area (Å²) in [7, 11) is 0. The van der Waals surface area contributed by atoms with E-state index >= 15 is 0 Å². The van der Waals surface area contributed by atoms with Gasteiger partial charge >= 0.3 is 11.9 Å². The maximum absolute atomic E-state index is 10.7. The lowest BCUT2D eigenvalue weighted by atomic mass is 10.00. The van der Waals surface area contributed by atoms with Crippen molar-refractivity contribution < 1.29 is 34.8 Å². The molecule has 0 aliphatic carbocycles. The van der Waals surface area contributed by atoms with E-state index < -0.39 is 30.8 Å². The number of ether oxygens (including phenoxy) is 1. The predicted molar refractivity (Wildman–Crippen MR) is 88.9 cm³/mol. The molecule has 0 amide bonds. The summed E-state index contributed by atoms with van der Waals surface area (Å²) >= 11 is 0. The first-order valence-electron chi connectivity index (χ1n) is 8.81. The number of unbranched alkanes of at least 4 members (excludes halogenated alkanes) is 6. The van der Waals surface area contributed by atoms with Gasteiger partial charge in [0.05, 0.1) is 12.2 Å². The van der Waals surface area contributed by atoms with Gasteiger partial charge in [-0.05, 0) is 25.7 Å². The van der Waals surface area contributed by atoms with Gasteiger partial charge in [0.15, 0.2) is 0 Å². The molecule has 7 nitrogen and oxygen atoms in total. The van der Waals surface area contributed by atoms with Gasteiger partial charge in [-0.2, -0.15) is 0 Å². The number of aliphatic hydroxyl groups excluding tert-OH is 2. The molecule has 0 fully saturated rings. The van der Waals surface area contributed by atoms with E-state index in [1.54, 1.807) is 0 Å². The van der Waals surface area contributed by atoms with Gasteiger partial charge in [-0.3, -0.25) is 4.79 Å². The third kappa shape index (κ3) is 14.4. The van der Waals surface area contributed by atoms with Crippen LogP contribution in [-0.4, -0.2) is 57.8 Å². The van der Waals surface area contributed by atoms with Gasteiger partial charge in [0.25, 0.3) is 0 Å². The smallest absolute Gasteiger partial charge is 0.329 e. The Balaban J connectivity index is 4.02. The van der Waals surface area contributed by atoms with Crippen molar-refractivity contribution in [3.05, 3.63) is 0 Å². The monoisotopic (exact) mass is 348 g/mol. The van der Waals surface area contributed by atoms with E-state index in [1.165, 1.54) is 0 Å². The highest BCUT2D eigenvalue weighted by Gasteiger charge is 2.20. The molecule has 4 N–H and O–H groups in total. The molecule has 0 rings (SSSR count). The van der Waals surface area contributed by atoms with Crippen molar-refractivity contribution in [3.63, 3.8) is 0 Å². The first kappa shape index (κ1) is 22.8. The second-order valence-corrected chi connectivity index (χ2v) is 6.08. The minimum absolute atomic E-state index is 0.128. The van der Waals surface area contributed by atoms with Crippen molar-refractivity contribution >= 4 is 11.9 Å². The zero-order chi connectivity index (χ0) is 18.2. The Labute approximate surface area is 143 Å². The van der Waals surface area contributed by atoms with Crippen molar-refractivity contribution in [1.29, 1.82) is 0 Å². The summed E-state index contributed by atoms with van der Waals surface area (Å²) in [5, 5.41) is 36.2. The number of hydrogen-bond donors (Lipinski definition) is 4. The molecule has 0 spiro atoms. The number of hydrogen-bond acceptors (Lipinski definition) is 5. The average molecular weight is 348 g/mol. The largest absolute Gasteiger partial charge is 0.481 e. The van der Waals surface area contributed by atoms with Crippen LogP contribution in [0.1, 0.15) is 70.6 Å². The lowest BCUT2D eigenvalue weighted by Crippen LogP contribution is -2.31. The fraction of sp³-hybridized carbons (Fsp3) is 0.882. The zero-order valence-corrected chi connectivity index (χ0v) is 14.4. The second-order valence-electron chi connectivity index (χ2n) is 6.08. The summed E-state index contributed by atoms with van der Waals surface area (Å²) in [6, 6.07) is 0. The van der Waals surface area contributed by atoms with Gasteiger partial charge in [-0.25, -0.2) is 4.79 Å². The molecule has 0 aromatic carbocycles. The molecule has 0 bridgehead atoms. The van der Waals surface area contributed by atoms with E-state index in [0.29, 0.717) is 25.7 Å². The van der Waals surface area contributed by atoms with Crippen LogP contribution in [0.15, 0.2) is 0 Å². The van der Waals surface area contributed by atoms with Crippen LogP contribution in [-0.2, 0) is 14.3 Å². The van der Waals surface area contributed by atoms with Gasteiger partial charge < -0.3 is 25.2 Å². The van der Waals surface area contributed by atoms with Crippen LogP contribution < -0.4 is 0 Å². The van der Waals surface area contributed by atoms with Crippen molar-refractivity contribution in [2.75, 3.05) is 13.2 Å². The van der Waals surface area contributed by atoms with Crippen LogP contribution in [0.25, 0.3) is 0 Å². The highest BCUT2D eigenvalue weighted by Crippen LogP contribution is 2.17. The standard InChI is InChI=1S/C17H32O7/c18-12-8-3-1-2-6-10-15(24-13-17(22)23)14(19)9-5-4-7-11-16(20)21/h14-15,18-19H,1-13H2,(H,20,21)(H,22,23). The Morgan fingerprint density at radius 1 is 0.792 bits per heavy atom. The molecule has 0 radical (unpaired) electrons. The van der Waals surface area contributed by atoms with Crippen molar-refractivity contribution in [2.24, 2.45) is 0 Å². The summed E-state index contributed by atoms with van der Waals surface area (Å²) in [5.41, 5.74) is 0. The fourth-order valence-electron chi connectivity index (χ4n) is 2.55. The zero-order valence-electron chi connectivity index (χ0n) is 14.4. The van der Waals surface area contributed by atoms with Crippen molar-refractivity contribution in [3.8, 4) is 0 Å². The Bertz CT molecular complexity index is 333. The molecule has 0 saturated carbocycles. The molecule has 2 atom stereocenters. The highest BCUT2D eigenvalue weighted by molar-refractivity contribution is 5.68. The Morgan fingerprint density at radius 2 is 1.38 bits per heavy atom. The quantitative estimate of drug-likeness (QED) is 0.297. The van der Waals surface area contributed by atoms with E-state index in [1.807, 2.05) is 0 Å². The first-order valence-corrected chi connectivity index (χ1v) is 8.81. The first-order chi connectivity index (χ1) is 11.5. The highest BCUT2D eigenvalue weighted by atomic mass is 16.5. The lowest BCUT2D eigenvalue weighted by Gasteiger charge is -2.23. The molecule has 0 aromatic heterocycles. The number of carbonyl (C=O) groups is 2. The van der Waals surface area contributed by atoms with Gasteiger partial charge in [-0.1, -0.05) is 38.5 Å². The molecule has 0 heterocycles. The molecule has 0 aromatic rings. The third-order valence-corrected chi connectivity index (χ3v) is 3.89.